The van der Waals surface area contributed by atoms with Crippen molar-refractivity contribution in [3.63, 3.8) is 0 Å². The summed E-state index contributed by atoms with van der Waals surface area (Å²) in [4.78, 5) is 0. The van der Waals surface area contributed by atoms with Gasteiger partial charge >= 0.3 is 26.9 Å². The first-order valence-corrected chi connectivity index (χ1v) is 4.50. The van der Waals surface area contributed by atoms with Crippen LogP contribution in [0.15, 0.2) is 0 Å². The first-order valence-electron chi connectivity index (χ1n) is 0.289. The predicted molar refractivity (Wildman–Crippen MR) is 14.7 cm³/mol. The molecule has 0 N–H and O–H groups in total. The van der Waals surface area contributed by atoms with Crippen LogP contribution in [-0.2, 0) is 27.3 Å². The van der Waals surface area contributed by atoms with Gasteiger partial charge in [0.25, 0.3) is 0 Å². The third kappa shape index (κ3) is 8.88. The summed E-state index contributed by atoms with van der Waals surface area (Å²) in [6.45, 7) is 0. The Kier molecular flexibility index (Phi) is 65.8. The van der Waals surface area contributed by atoms with E-state index in [0.29, 0.717) is 0 Å². The standard InChI is InChI=1S/Cd.Ga.La.S.H. The first-order chi connectivity index (χ1) is 1.00. The average Bonchev–Trinajstić information content (AvgIpc) is 1.00. The Morgan fingerprint density at radius 1 is 1.25 bits per heavy atom. The molecule has 0 bridgehead atoms. The maximum atomic E-state index is 4.21. The molecule has 0 heterocycles. The molecule has 0 spiro atoms. The Morgan fingerprint density at radius 3 is 1.25 bits per heavy atom. The number of rotatable bonds is 0. The number of hydrogen-bond acceptors (Lipinski definition) is 1. The van der Waals surface area contributed by atoms with E-state index in [1.807, 2.05) is 0 Å². The zero-order valence-electron chi connectivity index (χ0n) is 2.40. The van der Waals surface area contributed by atoms with E-state index in [2.05, 4.69) is 10.1 Å². The topological polar surface area (TPSA) is 0 Å². The molecule has 0 amide bonds. The zero-order valence-corrected chi connectivity index (χ0v) is 13.8. The van der Waals surface area contributed by atoms with Gasteiger partial charge < -0.3 is 0 Å². The minimum atomic E-state index is 0. The van der Waals surface area contributed by atoms with Crippen LogP contribution >= 0.6 is 10.1 Å². The van der Waals surface area contributed by atoms with E-state index >= 15 is 0 Å². The summed E-state index contributed by atoms with van der Waals surface area (Å²) in [5.74, 6) is 0. The fourth-order valence-corrected chi connectivity index (χ4v) is 0. The van der Waals surface area contributed by atoms with Crippen molar-refractivity contribution in [1.29, 1.82) is 0 Å². The van der Waals surface area contributed by atoms with Gasteiger partial charge in [0, 0.05) is 62.9 Å². The molecule has 0 rings (SSSR count). The van der Waals surface area contributed by atoms with E-state index in [9.17, 15) is 0 Å². The Bertz CT molecular complexity index is 8.00. The molecule has 0 atom stereocenters. The summed E-state index contributed by atoms with van der Waals surface area (Å²) in [7, 11) is 4.21. The normalized spacial score (nSPS) is 0.750. The van der Waals surface area contributed by atoms with Gasteiger partial charge in [0.1, 0.15) is 0 Å². The van der Waals surface area contributed by atoms with Crippen molar-refractivity contribution in [1.82, 2.24) is 0 Å². The van der Waals surface area contributed by atoms with E-state index in [0.717, 1.165) is 16.8 Å². The van der Waals surface area contributed by atoms with Gasteiger partial charge in [0.15, 0.2) is 0 Å². The van der Waals surface area contributed by atoms with Crippen molar-refractivity contribution in [3.05, 3.63) is 0 Å². The molecule has 0 saturated heterocycles. The Hall–Kier alpha value is 2.97. The molecule has 15 valence electrons. The van der Waals surface area contributed by atoms with Crippen LogP contribution in [0.2, 0.25) is 0 Å². The van der Waals surface area contributed by atoms with Crippen molar-refractivity contribution in [2.45, 2.75) is 0 Å². The minimum absolute atomic E-state index is 0. The molecule has 0 aliphatic rings. The van der Waals surface area contributed by atoms with Gasteiger partial charge in [-0.25, -0.2) is 0 Å². The van der Waals surface area contributed by atoms with E-state index in [1.165, 1.54) is 0 Å². The Morgan fingerprint density at radius 2 is 1.25 bits per heavy atom. The quantitative estimate of drug-likeness (QED) is 0.552. The second-order valence-electron chi connectivity index (χ2n) is 0. The Labute approximate surface area is 87.7 Å². The van der Waals surface area contributed by atoms with Crippen LogP contribution in [0.3, 0.4) is 0 Å². The average molecular weight is 354 g/mol. The monoisotopic (exact) mass is 355 g/mol. The van der Waals surface area contributed by atoms with Crippen LogP contribution in [0.1, 0.15) is 0 Å². The van der Waals surface area contributed by atoms with Crippen molar-refractivity contribution in [2.24, 2.45) is 0 Å². The summed E-state index contributed by atoms with van der Waals surface area (Å²) in [5, 5.41) is 0. The molecule has 0 unspecified atom stereocenters. The van der Waals surface area contributed by atoms with Crippen LogP contribution in [0.5, 0.6) is 0 Å². The van der Waals surface area contributed by atoms with Gasteiger partial charge in [-0.15, -0.1) is 0 Å². The molecule has 0 aromatic heterocycles. The fourth-order valence-electron chi connectivity index (χ4n) is 0. The summed E-state index contributed by atoms with van der Waals surface area (Å²) in [6.07, 6.45) is 0. The van der Waals surface area contributed by atoms with E-state index in [-0.39, 0.29) is 62.9 Å². The van der Waals surface area contributed by atoms with Crippen molar-refractivity contribution >= 4 is 26.9 Å². The van der Waals surface area contributed by atoms with Crippen molar-refractivity contribution in [3.8, 4) is 0 Å². The van der Waals surface area contributed by atoms with Gasteiger partial charge in [-0.2, -0.15) is 0 Å². The van der Waals surface area contributed by atoms with Crippen LogP contribution < -0.4 is 0 Å². The summed E-state index contributed by atoms with van der Waals surface area (Å²) in [5.41, 5.74) is 0. The van der Waals surface area contributed by atoms with E-state index in [4.69, 9.17) is 0 Å². The first kappa shape index (κ1) is 15.8. The fraction of sp³-hybridized carbons (Fsp3) is 0. The molecule has 0 nitrogen and oxygen atoms in total. The second-order valence-corrected chi connectivity index (χ2v) is 0. The summed E-state index contributed by atoms with van der Waals surface area (Å²) >= 11 is 0.958. The molecule has 0 saturated carbocycles. The molecule has 1 radical (unpaired) electrons. The van der Waals surface area contributed by atoms with E-state index in [1.54, 1.807) is 0 Å². The molecule has 0 fully saturated rings. The molecule has 0 aromatic rings. The SMILES string of the molecule is [Cd].[La].[S]=[GaH]. The van der Waals surface area contributed by atoms with Gasteiger partial charge in [0.05, 0.1) is 0 Å². The summed E-state index contributed by atoms with van der Waals surface area (Å²) in [6, 6.07) is 0. The van der Waals surface area contributed by atoms with Crippen LogP contribution in [0, 0.1) is 35.6 Å². The van der Waals surface area contributed by atoms with Crippen molar-refractivity contribution in [2.75, 3.05) is 0 Å². The molecule has 0 aliphatic carbocycles. The third-order valence-electron chi connectivity index (χ3n) is 0. The van der Waals surface area contributed by atoms with Crippen LogP contribution in [-0.4, -0.2) is 16.8 Å². The molecule has 0 aliphatic heterocycles. The van der Waals surface area contributed by atoms with Crippen molar-refractivity contribution < 1.29 is 62.9 Å². The predicted octanol–water partition coefficient (Wildman–Crippen LogP) is -0.00280. The van der Waals surface area contributed by atoms with Gasteiger partial charge in [0.2, 0.25) is 0 Å². The van der Waals surface area contributed by atoms with Gasteiger partial charge in [-0.05, 0) is 0 Å². The van der Waals surface area contributed by atoms with Gasteiger partial charge in [-0.3, -0.25) is 0 Å². The molecule has 4 heteroatoms. The third-order valence-corrected chi connectivity index (χ3v) is 0. The Balaban J connectivity index is -0.00000000500. The van der Waals surface area contributed by atoms with E-state index < -0.39 is 0 Å². The maximum absolute atomic E-state index is 4.21. The molecular formula is HCdGaLaS. The van der Waals surface area contributed by atoms with Crippen LogP contribution in [0.25, 0.3) is 0 Å². The zero-order chi connectivity index (χ0) is 2.00. The molecular weight excluding hydrogens is 353 g/mol. The second kappa shape index (κ2) is 16.7. The van der Waals surface area contributed by atoms with Crippen LogP contribution in [0.4, 0.5) is 0 Å². The molecule has 0 aromatic carbocycles. The molecule has 4 heavy (non-hydrogen) atoms. The summed E-state index contributed by atoms with van der Waals surface area (Å²) < 4.78 is 0. The van der Waals surface area contributed by atoms with Gasteiger partial charge in [-0.1, -0.05) is 0 Å². The number of hydrogen-bond donors (Lipinski definition) is 0.